The minimum absolute atomic E-state index is 0.0275. The van der Waals surface area contributed by atoms with Gasteiger partial charge < -0.3 is 15.2 Å². The summed E-state index contributed by atoms with van der Waals surface area (Å²) in [7, 11) is 1.96. The average Bonchev–Trinajstić information content (AvgIpc) is 3.63. The number of anilines is 1. The molecule has 0 aliphatic carbocycles. The van der Waals surface area contributed by atoms with Gasteiger partial charge in [0, 0.05) is 28.7 Å². The number of pyridine rings is 1. The third-order valence-electron chi connectivity index (χ3n) is 6.46. The molecule has 6 aromatic rings. The van der Waals surface area contributed by atoms with E-state index in [0.717, 1.165) is 49.4 Å². The molecular formula is C29H20F2N8OS. The van der Waals surface area contributed by atoms with Gasteiger partial charge in [0.05, 0.1) is 36.3 Å². The van der Waals surface area contributed by atoms with Crippen molar-refractivity contribution in [3.8, 4) is 16.5 Å². The Morgan fingerprint density at radius 1 is 1.00 bits per heavy atom. The number of aromatic nitrogens is 5. The maximum absolute atomic E-state index is 13.5. The van der Waals surface area contributed by atoms with Crippen LogP contribution in [-0.4, -0.2) is 30.4 Å². The zero-order valence-corrected chi connectivity index (χ0v) is 22.3. The predicted molar refractivity (Wildman–Crippen MR) is 151 cm³/mol. The van der Waals surface area contributed by atoms with E-state index in [2.05, 4.69) is 36.6 Å². The Morgan fingerprint density at radius 3 is 2.71 bits per heavy atom. The smallest absolute Gasteiger partial charge is 0.274 e. The Hall–Kier alpha value is -5.28. The van der Waals surface area contributed by atoms with Crippen LogP contribution in [-0.2, 0) is 20.1 Å². The van der Waals surface area contributed by atoms with Crippen molar-refractivity contribution in [3.63, 3.8) is 0 Å². The first kappa shape index (κ1) is 26.0. The Bertz CT molecular complexity index is 1990. The number of nitriles is 1. The molecule has 0 fully saturated rings. The number of rotatable bonds is 7. The number of aryl methyl sites for hydroxylation is 1. The number of thiophene rings is 1. The molecule has 12 heteroatoms. The zero-order valence-electron chi connectivity index (χ0n) is 21.5. The number of hydrogen-bond acceptors (Lipinski definition) is 8. The molecule has 41 heavy (non-hydrogen) atoms. The normalized spacial score (nSPS) is 11.1. The summed E-state index contributed by atoms with van der Waals surface area (Å²) in [5, 5.41) is 16.0. The van der Waals surface area contributed by atoms with Gasteiger partial charge in [0.1, 0.15) is 11.6 Å². The van der Waals surface area contributed by atoms with Crippen LogP contribution in [0.5, 0.6) is 0 Å². The highest BCUT2D eigenvalue weighted by atomic mass is 32.1. The molecule has 0 saturated carbocycles. The Balaban J connectivity index is 1.20. The minimum atomic E-state index is -1.01. The second-order valence-corrected chi connectivity index (χ2v) is 10.4. The summed E-state index contributed by atoms with van der Waals surface area (Å²) < 4.78 is 28.7. The number of nitrogens with one attached hydrogen (secondary N) is 2. The number of nitrogens with zero attached hydrogens (tertiary/aromatic N) is 6. The molecule has 1 amide bonds. The number of carbonyl (C=O) groups excluding carboxylic acids is 1. The second kappa shape index (κ2) is 10.7. The van der Waals surface area contributed by atoms with Crippen molar-refractivity contribution in [2.75, 3.05) is 5.32 Å². The van der Waals surface area contributed by atoms with E-state index in [1.54, 1.807) is 23.9 Å². The van der Waals surface area contributed by atoms with Crippen molar-refractivity contribution in [2.45, 2.75) is 13.1 Å². The van der Waals surface area contributed by atoms with E-state index in [9.17, 15) is 18.8 Å². The molecule has 2 N–H and O–H groups in total. The summed E-state index contributed by atoms with van der Waals surface area (Å²) in [6, 6.07) is 15.4. The fraction of sp³-hybridized carbons (Fsp3) is 0.103. The fourth-order valence-electron chi connectivity index (χ4n) is 4.44. The van der Waals surface area contributed by atoms with Crippen LogP contribution in [0.3, 0.4) is 0 Å². The van der Waals surface area contributed by atoms with E-state index in [1.165, 1.54) is 12.3 Å². The number of halogens is 2. The van der Waals surface area contributed by atoms with Gasteiger partial charge in [-0.25, -0.2) is 23.7 Å². The topological polar surface area (TPSA) is 121 Å². The quantitative estimate of drug-likeness (QED) is 0.268. The predicted octanol–water partition coefficient (Wildman–Crippen LogP) is 5.33. The number of fused-ring (bicyclic) bond motifs is 3. The fourth-order valence-corrected chi connectivity index (χ4v) is 5.38. The van der Waals surface area contributed by atoms with Gasteiger partial charge in [-0.05, 0) is 47.5 Å². The highest BCUT2D eigenvalue weighted by Gasteiger charge is 2.17. The number of benzene rings is 2. The lowest BCUT2D eigenvalue weighted by Gasteiger charge is -2.10. The summed E-state index contributed by atoms with van der Waals surface area (Å²) in [5.74, 6) is -2.40. The van der Waals surface area contributed by atoms with E-state index in [4.69, 9.17) is 0 Å². The summed E-state index contributed by atoms with van der Waals surface area (Å²) in [5.41, 5.74) is 4.05. The highest BCUT2D eigenvalue weighted by Crippen LogP contribution is 2.32. The SMILES string of the molecule is Cn1cnc2cnc3ccc(-c4ccc(CNc5ncc(C#N)nc5C(=O)NCc5ccc(F)c(F)c5)s4)cc3c21. The van der Waals surface area contributed by atoms with Crippen LogP contribution in [0.25, 0.3) is 32.4 Å². The van der Waals surface area contributed by atoms with Gasteiger partial charge in [0.2, 0.25) is 0 Å². The third kappa shape index (κ3) is 5.18. The summed E-state index contributed by atoms with van der Waals surface area (Å²) in [4.78, 5) is 32.2. The molecule has 0 atom stereocenters. The first-order valence-electron chi connectivity index (χ1n) is 12.4. The molecule has 4 aromatic heterocycles. The van der Waals surface area contributed by atoms with Crippen molar-refractivity contribution < 1.29 is 13.6 Å². The summed E-state index contributed by atoms with van der Waals surface area (Å²) in [6.07, 6.45) is 4.82. The third-order valence-corrected chi connectivity index (χ3v) is 7.59. The van der Waals surface area contributed by atoms with Crippen molar-refractivity contribution in [1.82, 2.24) is 29.8 Å². The van der Waals surface area contributed by atoms with Crippen LogP contribution in [0, 0.1) is 23.0 Å². The largest absolute Gasteiger partial charge is 0.363 e. The molecule has 0 saturated heterocycles. The summed E-state index contributed by atoms with van der Waals surface area (Å²) >= 11 is 1.58. The first-order valence-corrected chi connectivity index (χ1v) is 13.2. The minimum Gasteiger partial charge on any atom is -0.363 e. The number of imidazole rings is 1. The zero-order chi connectivity index (χ0) is 28.5. The Kier molecular flexibility index (Phi) is 6.78. The van der Waals surface area contributed by atoms with Crippen molar-refractivity contribution >= 4 is 45.0 Å². The van der Waals surface area contributed by atoms with Crippen molar-refractivity contribution in [3.05, 3.63) is 101 Å². The molecule has 0 aliphatic rings. The maximum atomic E-state index is 13.5. The first-order chi connectivity index (χ1) is 19.9. The molecule has 0 bridgehead atoms. The van der Waals surface area contributed by atoms with Gasteiger partial charge in [-0.1, -0.05) is 12.1 Å². The highest BCUT2D eigenvalue weighted by molar-refractivity contribution is 7.15. The average molecular weight is 567 g/mol. The van der Waals surface area contributed by atoms with E-state index in [-0.39, 0.29) is 23.8 Å². The monoisotopic (exact) mass is 566 g/mol. The Labute approximate surface area is 236 Å². The van der Waals surface area contributed by atoms with Gasteiger partial charge in [-0.2, -0.15) is 5.26 Å². The number of carbonyl (C=O) groups is 1. The van der Waals surface area contributed by atoms with Crippen molar-refractivity contribution in [1.29, 1.82) is 5.26 Å². The van der Waals surface area contributed by atoms with E-state index < -0.39 is 17.5 Å². The standard InChI is InChI=1S/C29H20F2N8OS/c1-39-15-37-24-14-33-23-6-3-17(9-20(23)27(24)39)25-7-4-19(41-25)13-35-28-26(38-18(10-32)12-34-28)29(40)36-11-16-2-5-21(30)22(31)8-16/h2-9,12,14-15H,11,13H2,1H3,(H,34,35)(H,36,40). The molecule has 0 unspecified atom stereocenters. The van der Waals surface area contributed by atoms with Crippen molar-refractivity contribution in [2.24, 2.45) is 7.05 Å². The van der Waals surface area contributed by atoms with Gasteiger partial charge >= 0.3 is 0 Å². The maximum Gasteiger partial charge on any atom is 0.274 e. The lowest BCUT2D eigenvalue weighted by Crippen LogP contribution is -2.26. The second-order valence-electron chi connectivity index (χ2n) is 9.19. The molecule has 0 aliphatic heterocycles. The van der Waals surface area contributed by atoms with Gasteiger partial charge in [-0.15, -0.1) is 11.3 Å². The lowest BCUT2D eigenvalue weighted by atomic mass is 10.1. The van der Waals surface area contributed by atoms with Crippen LogP contribution in [0.2, 0.25) is 0 Å². The van der Waals surface area contributed by atoms with E-state index in [0.29, 0.717) is 12.1 Å². The molecule has 4 heterocycles. The number of amides is 1. The van der Waals surface area contributed by atoms with Gasteiger partial charge in [-0.3, -0.25) is 9.78 Å². The van der Waals surface area contributed by atoms with E-state index >= 15 is 0 Å². The molecule has 9 nitrogen and oxygen atoms in total. The molecule has 2 aromatic carbocycles. The van der Waals surface area contributed by atoms with Crippen LogP contribution in [0.1, 0.15) is 26.6 Å². The molecule has 0 radical (unpaired) electrons. The number of hydrogen-bond donors (Lipinski definition) is 2. The van der Waals surface area contributed by atoms with Crippen LogP contribution in [0.15, 0.2) is 67.3 Å². The molecule has 202 valence electrons. The van der Waals surface area contributed by atoms with Crippen LogP contribution >= 0.6 is 11.3 Å². The van der Waals surface area contributed by atoms with Gasteiger partial charge in [0.25, 0.3) is 5.91 Å². The van der Waals surface area contributed by atoms with Crippen LogP contribution in [0.4, 0.5) is 14.6 Å². The van der Waals surface area contributed by atoms with Gasteiger partial charge in [0.15, 0.2) is 28.8 Å². The molecular weight excluding hydrogens is 546 g/mol. The molecule has 6 rings (SSSR count). The van der Waals surface area contributed by atoms with Crippen LogP contribution < -0.4 is 10.6 Å². The Morgan fingerprint density at radius 2 is 1.88 bits per heavy atom. The van der Waals surface area contributed by atoms with E-state index in [1.807, 2.05) is 41.9 Å². The summed E-state index contributed by atoms with van der Waals surface area (Å²) in [6.45, 7) is 0.296. The molecule has 0 spiro atoms. The lowest BCUT2D eigenvalue weighted by molar-refractivity contribution is 0.0946.